The van der Waals surface area contributed by atoms with Crippen molar-refractivity contribution in [1.82, 2.24) is 10.6 Å². The van der Waals surface area contributed by atoms with Crippen molar-refractivity contribution in [3.8, 4) is 28.2 Å². The van der Waals surface area contributed by atoms with Gasteiger partial charge in [-0.25, -0.2) is 4.79 Å². The van der Waals surface area contributed by atoms with Crippen molar-refractivity contribution >= 4 is 45.9 Å². The Morgan fingerprint density at radius 1 is 0.812 bits per heavy atom. The Labute approximate surface area is 282 Å². The molecular formula is C34H39N3O10S. The molecule has 0 saturated carbocycles. The van der Waals surface area contributed by atoms with Gasteiger partial charge in [0.15, 0.2) is 10.5 Å². The molecule has 2 aromatic rings. The number of carbonyl (C=O) groups excluding carboxylic acids is 1. The lowest BCUT2D eigenvalue weighted by Crippen LogP contribution is -2.36. The maximum atomic E-state index is 12.4. The second-order valence-electron chi connectivity index (χ2n) is 10.4. The number of carboxylic acid groups (broad SMARTS) is 1. The smallest absolute Gasteiger partial charge is 0.336 e. The van der Waals surface area contributed by atoms with Crippen LogP contribution in [-0.2, 0) is 23.7 Å². The quantitative estimate of drug-likeness (QED) is 0.0548. The first kappa shape index (κ1) is 36.2. The van der Waals surface area contributed by atoms with Crippen LogP contribution in [0.3, 0.4) is 0 Å². The van der Waals surface area contributed by atoms with E-state index in [0.717, 1.165) is 0 Å². The third-order valence-corrected chi connectivity index (χ3v) is 7.23. The Kier molecular flexibility index (Phi) is 14.1. The highest BCUT2D eigenvalue weighted by Crippen LogP contribution is 2.42. The highest BCUT2D eigenvalue weighted by molar-refractivity contribution is 7.80. The van der Waals surface area contributed by atoms with Crippen LogP contribution >= 0.6 is 12.2 Å². The third kappa shape index (κ3) is 10.7. The van der Waals surface area contributed by atoms with Crippen molar-refractivity contribution in [2.75, 3.05) is 71.3 Å². The van der Waals surface area contributed by atoms with Crippen molar-refractivity contribution in [2.24, 2.45) is 0 Å². The number of phenolic OH excluding ortho intramolecular Hbond substituents is 1. The number of carboxylic acids is 1. The zero-order valence-corrected chi connectivity index (χ0v) is 27.4. The molecule has 0 radical (unpaired) electrons. The molecule has 1 aliphatic heterocycles. The number of hydrogen-bond acceptors (Lipinski definition) is 10. The summed E-state index contributed by atoms with van der Waals surface area (Å²) < 4.78 is 27.2. The van der Waals surface area contributed by atoms with E-state index in [0.29, 0.717) is 92.7 Å². The summed E-state index contributed by atoms with van der Waals surface area (Å²) >= 11 is 5.37. The fourth-order valence-corrected chi connectivity index (χ4v) is 5.00. The maximum Gasteiger partial charge on any atom is 0.336 e. The zero-order chi connectivity index (χ0) is 34.3. The minimum Gasteiger partial charge on any atom is -0.508 e. The Morgan fingerprint density at radius 2 is 1.48 bits per heavy atom. The van der Waals surface area contributed by atoms with Gasteiger partial charge in [-0.3, -0.25) is 9.59 Å². The number of hydrogen-bond donors (Lipinski definition) is 5. The van der Waals surface area contributed by atoms with Crippen LogP contribution in [0.5, 0.6) is 5.75 Å². The summed E-state index contributed by atoms with van der Waals surface area (Å²) in [5.41, 5.74) is 1.92. The van der Waals surface area contributed by atoms with E-state index in [1.54, 1.807) is 24.3 Å². The Hall–Kier alpha value is -4.60. The molecule has 1 aliphatic carbocycles. The van der Waals surface area contributed by atoms with Crippen LogP contribution in [0.2, 0.25) is 0 Å². The summed E-state index contributed by atoms with van der Waals surface area (Å²) in [5, 5.41) is 29.7. The molecular weight excluding hydrogens is 642 g/mol. The second kappa shape index (κ2) is 18.7. The molecule has 2 aromatic carbocycles. The summed E-state index contributed by atoms with van der Waals surface area (Å²) in [7, 11) is 0. The number of fused-ring (bicyclic) bond motifs is 2. The molecule has 0 unspecified atom stereocenters. The number of benzene rings is 3. The van der Waals surface area contributed by atoms with Crippen LogP contribution < -0.4 is 21.4 Å². The largest absolute Gasteiger partial charge is 0.508 e. The minimum absolute atomic E-state index is 0.0146. The van der Waals surface area contributed by atoms with E-state index in [-0.39, 0.29) is 46.5 Å². The van der Waals surface area contributed by atoms with Crippen molar-refractivity contribution < 1.29 is 43.2 Å². The molecule has 1 heterocycles. The van der Waals surface area contributed by atoms with E-state index >= 15 is 0 Å². The number of amides is 1. The van der Waals surface area contributed by atoms with E-state index < -0.39 is 5.97 Å². The summed E-state index contributed by atoms with van der Waals surface area (Å²) in [6, 6.07) is 13.6. The fourth-order valence-electron chi connectivity index (χ4n) is 4.78. The lowest BCUT2D eigenvalue weighted by molar-refractivity contribution is -0.122. The molecule has 5 N–H and O–H groups in total. The number of phenols is 1. The molecule has 2 aliphatic rings. The van der Waals surface area contributed by atoms with Gasteiger partial charge in [0, 0.05) is 60.5 Å². The Morgan fingerprint density at radius 3 is 2.19 bits per heavy atom. The molecule has 0 atom stereocenters. The highest BCUT2D eigenvalue weighted by Gasteiger charge is 2.22. The van der Waals surface area contributed by atoms with Gasteiger partial charge in [0.25, 0.3) is 0 Å². The fraction of sp³-hybridized carbons (Fsp3) is 0.353. The standard InChI is InChI=1S/C34H39N3O10S/c1-2-43-13-14-45-17-18-46-16-15-44-12-9-31(40)35-10-11-36-34(48)37-22-3-6-25(28(19-22)33(41)42)32-26-7-4-23(38)20-29(26)47-30-21-24(39)5-8-27(30)32/h3-8,19-21,38H,2,9-18H2,1H3,(H,35,40)(H,41,42)(H2,36,37,48). The van der Waals surface area contributed by atoms with Crippen molar-refractivity contribution in [3.05, 3.63) is 70.4 Å². The Balaban J connectivity index is 1.23. The van der Waals surface area contributed by atoms with Gasteiger partial charge in [0.2, 0.25) is 5.91 Å². The first-order valence-electron chi connectivity index (χ1n) is 15.5. The second-order valence-corrected chi connectivity index (χ2v) is 10.8. The molecule has 256 valence electrons. The number of anilines is 1. The molecule has 0 saturated heterocycles. The summed E-state index contributed by atoms with van der Waals surface area (Å²) in [4.78, 5) is 36.6. The number of aromatic carboxylic acids is 1. The molecule has 48 heavy (non-hydrogen) atoms. The molecule has 0 spiro atoms. The predicted octanol–water partition coefficient (Wildman–Crippen LogP) is 3.85. The molecule has 13 nitrogen and oxygen atoms in total. The van der Waals surface area contributed by atoms with E-state index in [1.807, 2.05) is 6.92 Å². The van der Waals surface area contributed by atoms with E-state index in [2.05, 4.69) is 16.0 Å². The van der Waals surface area contributed by atoms with Gasteiger partial charge < -0.3 is 49.5 Å². The summed E-state index contributed by atoms with van der Waals surface area (Å²) in [5.74, 6) is -1.12. The van der Waals surface area contributed by atoms with Gasteiger partial charge in [0.05, 0.1) is 51.8 Å². The van der Waals surface area contributed by atoms with Gasteiger partial charge in [-0.1, -0.05) is 6.07 Å². The summed E-state index contributed by atoms with van der Waals surface area (Å²) in [6.45, 7) is 6.34. The van der Waals surface area contributed by atoms with Gasteiger partial charge in [0.1, 0.15) is 17.1 Å². The Bertz CT molecular complexity index is 1730. The van der Waals surface area contributed by atoms with Gasteiger partial charge in [-0.2, -0.15) is 0 Å². The number of rotatable bonds is 19. The number of thiocarbonyl (C=S) groups is 1. The molecule has 0 aromatic heterocycles. The molecule has 4 rings (SSSR count). The average Bonchev–Trinajstić information content (AvgIpc) is 3.06. The number of carbonyl (C=O) groups is 2. The van der Waals surface area contributed by atoms with Crippen molar-refractivity contribution in [3.63, 3.8) is 0 Å². The van der Waals surface area contributed by atoms with Crippen LogP contribution in [0.1, 0.15) is 23.7 Å². The topological polar surface area (TPSA) is 178 Å². The normalized spacial score (nSPS) is 11.1. The first-order valence-corrected chi connectivity index (χ1v) is 15.9. The lowest BCUT2D eigenvalue weighted by atomic mass is 9.90. The van der Waals surface area contributed by atoms with Gasteiger partial charge in [-0.15, -0.1) is 0 Å². The minimum atomic E-state index is -1.17. The van der Waals surface area contributed by atoms with Crippen molar-refractivity contribution in [2.45, 2.75) is 13.3 Å². The van der Waals surface area contributed by atoms with Crippen LogP contribution in [0.25, 0.3) is 33.4 Å². The van der Waals surface area contributed by atoms with Crippen molar-refractivity contribution in [1.29, 1.82) is 0 Å². The van der Waals surface area contributed by atoms with E-state index in [9.17, 15) is 24.6 Å². The number of ether oxygens (including phenoxy) is 4. The predicted molar refractivity (Wildman–Crippen MR) is 184 cm³/mol. The van der Waals surface area contributed by atoms with Crippen LogP contribution in [0, 0.1) is 0 Å². The van der Waals surface area contributed by atoms with Crippen LogP contribution in [-0.4, -0.2) is 93.1 Å². The zero-order valence-electron chi connectivity index (χ0n) is 26.5. The monoisotopic (exact) mass is 681 g/mol. The maximum absolute atomic E-state index is 12.4. The van der Waals surface area contributed by atoms with Gasteiger partial charge >= 0.3 is 5.97 Å². The van der Waals surface area contributed by atoms with Crippen LogP contribution in [0.15, 0.2) is 63.8 Å². The number of aromatic hydroxyl groups is 1. The van der Waals surface area contributed by atoms with E-state index in [4.69, 9.17) is 35.6 Å². The van der Waals surface area contributed by atoms with Crippen LogP contribution in [0.4, 0.5) is 5.69 Å². The summed E-state index contributed by atoms with van der Waals surface area (Å²) in [6.07, 6.45) is 0.201. The molecule has 1 amide bonds. The highest BCUT2D eigenvalue weighted by atomic mass is 32.1. The molecule has 0 fully saturated rings. The average molecular weight is 682 g/mol. The first-order chi connectivity index (χ1) is 23.3. The van der Waals surface area contributed by atoms with E-state index in [1.165, 1.54) is 30.3 Å². The third-order valence-electron chi connectivity index (χ3n) is 6.98. The molecule has 0 bridgehead atoms. The molecule has 14 heteroatoms. The number of nitrogens with one attached hydrogen (secondary N) is 3. The van der Waals surface area contributed by atoms with Gasteiger partial charge in [-0.05, 0) is 61.1 Å². The lowest BCUT2D eigenvalue weighted by Gasteiger charge is -2.18. The SMILES string of the molecule is CCOCCOCCOCCOCCC(=O)NCCNC(=S)Nc1ccc(-c2c3ccc(=O)cc-3oc3cc(O)ccc23)c(C(=O)O)c1.